The van der Waals surface area contributed by atoms with Crippen LogP contribution >= 0.6 is 0 Å². The summed E-state index contributed by atoms with van der Waals surface area (Å²) in [6.45, 7) is 1.93. The second kappa shape index (κ2) is 4.98. The Bertz CT molecular complexity index is 679. The van der Waals surface area contributed by atoms with Crippen LogP contribution in [0.15, 0.2) is 60.7 Å². The van der Waals surface area contributed by atoms with Gasteiger partial charge in [-0.1, -0.05) is 60.7 Å². The van der Waals surface area contributed by atoms with Gasteiger partial charge in [0.25, 0.3) is 0 Å². The van der Waals surface area contributed by atoms with Gasteiger partial charge in [0, 0.05) is 11.1 Å². The molecule has 3 nitrogen and oxygen atoms in total. The maximum absolute atomic E-state index is 4.64. The molecule has 2 aromatic carbocycles. The molecule has 3 heteroatoms. The van der Waals surface area contributed by atoms with Crippen molar-refractivity contribution >= 4 is 0 Å². The second-order valence-corrected chi connectivity index (χ2v) is 4.30. The van der Waals surface area contributed by atoms with Gasteiger partial charge in [0.05, 0.1) is 11.4 Å². The first-order valence-corrected chi connectivity index (χ1v) is 6.17. The third kappa shape index (κ3) is 2.36. The van der Waals surface area contributed by atoms with E-state index in [2.05, 4.69) is 15.2 Å². The number of hydrogen-bond donors (Lipinski definition) is 0. The lowest BCUT2D eigenvalue weighted by atomic mass is 10.1. The van der Waals surface area contributed by atoms with E-state index < -0.39 is 0 Å². The smallest absolute Gasteiger partial charge is 0.182 e. The summed E-state index contributed by atoms with van der Waals surface area (Å²) in [6.07, 6.45) is 0. The van der Waals surface area contributed by atoms with Gasteiger partial charge >= 0.3 is 0 Å². The SMILES string of the molecule is Cc1nnc(-c2ccccc2)nc1-c1ccccc1. The van der Waals surface area contributed by atoms with Crippen LogP contribution in [0.5, 0.6) is 0 Å². The average Bonchev–Trinajstić information content (AvgIpc) is 2.49. The van der Waals surface area contributed by atoms with E-state index in [1.165, 1.54) is 0 Å². The maximum Gasteiger partial charge on any atom is 0.182 e. The van der Waals surface area contributed by atoms with E-state index >= 15 is 0 Å². The third-order valence-electron chi connectivity index (χ3n) is 2.93. The second-order valence-electron chi connectivity index (χ2n) is 4.30. The van der Waals surface area contributed by atoms with Crippen LogP contribution < -0.4 is 0 Å². The molecule has 1 heterocycles. The Morgan fingerprint density at radius 1 is 0.684 bits per heavy atom. The molecule has 0 spiro atoms. The van der Waals surface area contributed by atoms with E-state index in [1.54, 1.807) is 0 Å². The summed E-state index contributed by atoms with van der Waals surface area (Å²) in [4.78, 5) is 4.64. The lowest BCUT2D eigenvalue weighted by Gasteiger charge is -2.06. The molecule has 0 saturated heterocycles. The topological polar surface area (TPSA) is 38.7 Å². The molecule has 0 atom stereocenters. The Balaban J connectivity index is 2.12. The predicted octanol–water partition coefficient (Wildman–Crippen LogP) is 3.51. The molecule has 19 heavy (non-hydrogen) atoms. The van der Waals surface area contributed by atoms with Gasteiger partial charge in [-0.15, -0.1) is 5.10 Å². The molecule has 0 fully saturated rings. The monoisotopic (exact) mass is 247 g/mol. The zero-order valence-electron chi connectivity index (χ0n) is 10.6. The average molecular weight is 247 g/mol. The van der Waals surface area contributed by atoms with Gasteiger partial charge in [-0.3, -0.25) is 0 Å². The summed E-state index contributed by atoms with van der Waals surface area (Å²) in [7, 11) is 0. The Labute approximate surface area is 112 Å². The van der Waals surface area contributed by atoms with E-state index in [1.807, 2.05) is 67.6 Å². The first-order chi connectivity index (χ1) is 9.34. The molecule has 0 aliphatic heterocycles. The number of benzene rings is 2. The molecule has 1 aromatic heterocycles. The Morgan fingerprint density at radius 3 is 1.89 bits per heavy atom. The molecule has 92 valence electrons. The first-order valence-electron chi connectivity index (χ1n) is 6.17. The maximum atomic E-state index is 4.64. The number of nitrogens with zero attached hydrogens (tertiary/aromatic N) is 3. The van der Waals surface area contributed by atoms with Crippen LogP contribution in [0.3, 0.4) is 0 Å². The molecule has 0 saturated carbocycles. The molecule has 0 bridgehead atoms. The molecular weight excluding hydrogens is 234 g/mol. The molecular formula is C16H13N3. The Hall–Kier alpha value is -2.55. The minimum Gasteiger partial charge on any atom is -0.224 e. The molecule has 3 aromatic rings. The summed E-state index contributed by atoms with van der Waals surface area (Å²) < 4.78 is 0. The number of hydrogen-bond acceptors (Lipinski definition) is 3. The van der Waals surface area contributed by atoms with Gasteiger partial charge in [0.1, 0.15) is 0 Å². The van der Waals surface area contributed by atoms with Gasteiger partial charge in [-0.05, 0) is 6.92 Å². The van der Waals surface area contributed by atoms with E-state index in [9.17, 15) is 0 Å². The van der Waals surface area contributed by atoms with Crippen molar-refractivity contribution in [3.63, 3.8) is 0 Å². The highest BCUT2D eigenvalue weighted by atomic mass is 15.2. The molecule has 0 aliphatic carbocycles. The van der Waals surface area contributed by atoms with Gasteiger partial charge in [0.2, 0.25) is 0 Å². The van der Waals surface area contributed by atoms with Crippen molar-refractivity contribution < 1.29 is 0 Å². The summed E-state index contributed by atoms with van der Waals surface area (Å²) >= 11 is 0. The van der Waals surface area contributed by atoms with Crippen molar-refractivity contribution in [2.45, 2.75) is 6.92 Å². The Morgan fingerprint density at radius 2 is 1.26 bits per heavy atom. The van der Waals surface area contributed by atoms with Crippen LogP contribution in [0.1, 0.15) is 5.69 Å². The largest absolute Gasteiger partial charge is 0.224 e. The fourth-order valence-electron chi connectivity index (χ4n) is 1.96. The number of aryl methyl sites for hydroxylation is 1. The summed E-state index contributed by atoms with van der Waals surface area (Å²) in [5, 5.41) is 8.39. The molecule has 0 amide bonds. The number of aromatic nitrogens is 3. The van der Waals surface area contributed by atoms with Gasteiger partial charge in [-0.25, -0.2) is 4.98 Å². The van der Waals surface area contributed by atoms with Gasteiger partial charge in [0.15, 0.2) is 5.82 Å². The van der Waals surface area contributed by atoms with Crippen LogP contribution in [0.25, 0.3) is 22.6 Å². The molecule has 3 rings (SSSR count). The zero-order valence-corrected chi connectivity index (χ0v) is 10.6. The quantitative estimate of drug-likeness (QED) is 0.695. The molecule has 0 aliphatic rings. The highest BCUT2D eigenvalue weighted by Gasteiger charge is 2.08. The van der Waals surface area contributed by atoms with Crippen molar-refractivity contribution in [1.29, 1.82) is 0 Å². The van der Waals surface area contributed by atoms with E-state index in [4.69, 9.17) is 0 Å². The fraction of sp³-hybridized carbons (Fsp3) is 0.0625. The highest BCUT2D eigenvalue weighted by molar-refractivity contribution is 5.64. The Kier molecular flexibility index (Phi) is 3.02. The predicted molar refractivity (Wildman–Crippen MR) is 75.4 cm³/mol. The number of rotatable bonds is 2. The van der Waals surface area contributed by atoms with Crippen LogP contribution in [0.2, 0.25) is 0 Å². The molecule has 0 N–H and O–H groups in total. The van der Waals surface area contributed by atoms with Crippen molar-refractivity contribution in [3.8, 4) is 22.6 Å². The standard InChI is InChI=1S/C16H13N3/c1-12-15(13-8-4-2-5-9-13)17-16(19-18-12)14-10-6-3-7-11-14/h2-11H,1H3. The van der Waals surface area contributed by atoms with E-state index in [0.29, 0.717) is 5.82 Å². The summed E-state index contributed by atoms with van der Waals surface area (Å²) in [5.74, 6) is 0.657. The van der Waals surface area contributed by atoms with Crippen molar-refractivity contribution in [2.24, 2.45) is 0 Å². The third-order valence-corrected chi connectivity index (χ3v) is 2.93. The van der Waals surface area contributed by atoms with Crippen LogP contribution in [0, 0.1) is 6.92 Å². The lowest BCUT2D eigenvalue weighted by Crippen LogP contribution is -1.99. The molecule has 0 unspecified atom stereocenters. The summed E-state index contributed by atoms with van der Waals surface area (Å²) in [6, 6.07) is 20.0. The fourth-order valence-corrected chi connectivity index (χ4v) is 1.96. The zero-order chi connectivity index (χ0) is 13.1. The van der Waals surface area contributed by atoms with Crippen LogP contribution in [-0.2, 0) is 0 Å². The first kappa shape index (κ1) is 11.5. The lowest BCUT2D eigenvalue weighted by molar-refractivity contribution is 0.941. The van der Waals surface area contributed by atoms with Crippen molar-refractivity contribution in [3.05, 3.63) is 66.4 Å². The van der Waals surface area contributed by atoms with Crippen molar-refractivity contribution in [1.82, 2.24) is 15.2 Å². The minimum absolute atomic E-state index is 0.657. The van der Waals surface area contributed by atoms with Crippen LogP contribution in [0.4, 0.5) is 0 Å². The van der Waals surface area contributed by atoms with Gasteiger partial charge < -0.3 is 0 Å². The molecule has 0 radical (unpaired) electrons. The summed E-state index contributed by atoms with van der Waals surface area (Å²) in [5.41, 5.74) is 3.76. The van der Waals surface area contributed by atoms with E-state index in [-0.39, 0.29) is 0 Å². The van der Waals surface area contributed by atoms with Gasteiger partial charge in [-0.2, -0.15) is 5.10 Å². The van der Waals surface area contributed by atoms with Crippen LogP contribution in [-0.4, -0.2) is 15.2 Å². The normalized spacial score (nSPS) is 10.4. The minimum atomic E-state index is 0.657. The van der Waals surface area contributed by atoms with Crippen molar-refractivity contribution in [2.75, 3.05) is 0 Å². The van der Waals surface area contributed by atoms with E-state index in [0.717, 1.165) is 22.5 Å². The highest BCUT2D eigenvalue weighted by Crippen LogP contribution is 2.22.